The summed E-state index contributed by atoms with van der Waals surface area (Å²) >= 11 is 5.76. The number of nitrogens with one attached hydrogen (secondary N) is 1. The van der Waals surface area contributed by atoms with E-state index in [4.69, 9.17) is 21.1 Å². The summed E-state index contributed by atoms with van der Waals surface area (Å²) in [5, 5.41) is 3.14. The number of Topliss-reactive ketones (excluding diaryl/α,β-unsaturated/α-hetero) is 1. The van der Waals surface area contributed by atoms with Gasteiger partial charge in [0.05, 0.1) is 26.7 Å². The van der Waals surface area contributed by atoms with Gasteiger partial charge in [-0.05, 0) is 24.3 Å². The first-order valence-corrected chi connectivity index (χ1v) is 6.95. The number of benzene rings is 1. The zero-order valence-electron chi connectivity index (χ0n) is 12.5. The van der Waals surface area contributed by atoms with Crippen molar-refractivity contribution in [1.82, 2.24) is 9.97 Å². The second kappa shape index (κ2) is 7.55. The maximum atomic E-state index is 12.1. The monoisotopic (exact) mass is 335 g/mol. The molecule has 0 bridgehead atoms. The molecule has 0 aliphatic rings. The molecule has 1 amide bonds. The number of methoxy groups -OCH3 is 2. The molecule has 0 aliphatic carbocycles. The fraction of sp³-hybridized carbons (Fsp3) is 0.200. The van der Waals surface area contributed by atoms with Gasteiger partial charge in [0, 0.05) is 10.7 Å². The van der Waals surface area contributed by atoms with E-state index in [2.05, 4.69) is 15.3 Å². The summed E-state index contributed by atoms with van der Waals surface area (Å²) in [6.45, 7) is 0. The van der Waals surface area contributed by atoms with E-state index in [1.807, 2.05) is 0 Å². The maximum Gasteiger partial charge on any atom is 0.232 e. The zero-order valence-corrected chi connectivity index (χ0v) is 13.3. The van der Waals surface area contributed by atoms with Gasteiger partial charge in [0.25, 0.3) is 0 Å². The lowest BCUT2D eigenvalue weighted by molar-refractivity contribution is -0.115. The lowest BCUT2D eigenvalue weighted by atomic mass is 10.2. The molecule has 2 rings (SSSR count). The molecule has 7 nitrogen and oxygen atoms in total. The van der Waals surface area contributed by atoms with E-state index in [0.717, 1.165) is 0 Å². The molecule has 120 valence electrons. The largest absolute Gasteiger partial charge is 0.481 e. The van der Waals surface area contributed by atoms with Crippen LogP contribution < -0.4 is 14.8 Å². The number of aromatic nitrogens is 2. The van der Waals surface area contributed by atoms with Crippen molar-refractivity contribution < 1.29 is 19.1 Å². The number of nitrogens with zero attached hydrogens (tertiary/aromatic N) is 2. The van der Waals surface area contributed by atoms with Gasteiger partial charge in [0.1, 0.15) is 0 Å². The van der Waals surface area contributed by atoms with E-state index in [1.165, 1.54) is 20.3 Å². The Bertz CT molecular complexity index is 697. The van der Waals surface area contributed by atoms with Crippen LogP contribution in [0.5, 0.6) is 11.8 Å². The molecule has 0 aliphatic heterocycles. The second-order valence-electron chi connectivity index (χ2n) is 4.43. The first kappa shape index (κ1) is 16.7. The van der Waals surface area contributed by atoms with Gasteiger partial charge in [0.2, 0.25) is 29.3 Å². The Morgan fingerprint density at radius 1 is 1.09 bits per heavy atom. The summed E-state index contributed by atoms with van der Waals surface area (Å²) in [5.74, 6) is -0.819. The van der Waals surface area contributed by atoms with Crippen LogP contribution in [-0.2, 0) is 4.79 Å². The zero-order chi connectivity index (χ0) is 16.8. The molecule has 0 atom stereocenters. The highest BCUT2D eigenvalue weighted by molar-refractivity contribution is 6.30. The topological polar surface area (TPSA) is 90.4 Å². The lowest BCUT2D eigenvalue weighted by Gasteiger charge is -2.06. The molecular weight excluding hydrogens is 322 g/mol. The van der Waals surface area contributed by atoms with Crippen LogP contribution >= 0.6 is 11.6 Å². The molecule has 1 heterocycles. The van der Waals surface area contributed by atoms with Gasteiger partial charge in [-0.15, -0.1) is 0 Å². The molecule has 23 heavy (non-hydrogen) atoms. The smallest absolute Gasteiger partial charge is 0.232 e. The number of rotatable bonds is 6. The Balaban J connectivity index is 2.06. The van der Waals surface area contributed by atoms with E-state index in [-0.39, 0.29) is 17.6 Å². The van der Waals surface area contributed by atoms with Crippen molar-refractivity contribution in [2.75, 3.05) is 19.5 Å². The summed E-state index contributed by atoms with van der Waals surface area (Å²) in [6, 6.07) is 7.97. The van der Waals surface area contributed by atoms with Crippen molar-refractivity contribution in [1.29, 1.82) is 0 Å². The van der Waals surface area contributed by atoms with E-state index in [9.17, 15) is 9.59 Å². The number of hydrogen-bond acceptors (Lipinski definition) is 6. The van der Waals surface area contributed by atoms with Gasteiger partial charge in [0.15, 0.2) is 0 Å². The van der Waals surface area contributed by atoms with E-state index >= 15 is 0 Å². The molecule has 8 heteroatoms. The molecule has 0 radical (unpaired) electrons. The average molecular weight is 336 g/mol. The molecule has 1 aromatic heterocycles. The summed E-state index contributed by atoms with van der Waals surface area (Å²) in [6.07, 6.45) is -0.404. The highest BCUT2D eigenvalue weighted by atomic mass is 35.5. The number of carbonyl (C=O) groups is 2. The molecule has 0 saturated carbocycles. The van der Waals surface area contributed by atoms with Gasteiger partial charge in [-0.25, -0.2) is 0 Å². The third-order valence-electron chi connectivity index (χ3n) is 2.80. The standard InChI is InChI=1S/C15H14ClN3O4/c1-22-13-8-14(23-2)19-15(18-13)11(20)7-12(21)17-10-5-3-9(16)4-6-10/h3-6,8H,7H2,1-2H3,(H,17,21). The van der Waals surface area contributed by atoms with Crippen LogP contribution in [0, 0.1) is 0 Å². The van der Waals surface area contributed by atoms with Gasteiger partial charge in [-0.1, -0.05) is 11.6 Å². The van der Waals surface area contributed by atoms with Crippen LogP contribution in [0.15, 0.2) is 30.3 Å². The first-order valence-electron chi connectivity index (χ1n) is 6.57. The normalized spacial score (nSPS) is 10.0. The predicted octanol–water partition coefficient (Wildman–Crippen LogP) is 2.36. The number of ether oxygens (including phenoxy) is 2. The van der Waals surface area contributed by atoms with Crippen molar-refractivity contribution in [2.24, 2.45) is 0 Å². The van der Waals surface area contributed by atoms with E-state index in [1.54, 1.807) is 24.3 Å². The SMILES string of the molecule is COc1cc(OC)nc(C(=O)CC(=O)Nc2ccc(Cl)cc2)n1. The average Bonchev–Trinajstić information content (AvgIpc) is 2.56. The summed E-state index contributed by atoms with van der Waals surface area (Å²) in [5.41, 5.74) is 0.538. The number of carbonyl (C=O) groups excluding carboxylic acids is 2. The molecule has 1 aromatic carbocycles. The van der Waals surface area contributed by atoms with Gasteiger partial charge in [-0.3, -0.25) is 9.59 Å². The molecule has 0 fully saturated rings. The Morgan fingerprint density at radius 3 is 2.17 bits per heavy atom. The molecule has 1 N–H and O–H groups in total. The summed E-state index contributed by atoms with van der Waals surface area (Å²) < 4.78 is 9.93. The summed E-state index contributed by atoms with van der Waals surface area (Å²) in [4.78, 5) is 31.8. The molecule has 0 saturated heterocycles. The number of hydrogen-bond donors (Lipinski definition) is 1. The minimum Gasteiger partial charge on any atom is -0.481 e. The minimum atomic E-state index is -0.548. The Morgan fingerprint density at radius 2 is 1.65 bits per heavy atom. The molecule has 0 spiro atoms. The van der Waals surface area contributed by atoms with Crippen LogP contribution in [0.2, 0.25) is 5.02 Å². The summed E-state index contributed by atoms with van der Waals surface area (Å²) in [7, 11) is 2.81. The van der Waals surface area contributed by atoms with E-state index in [0.29, 0.717) is 10.7 Å². The molecule has 0 unspecified atom stereocenters. The second-order valence-corrected chi connectivity index (χ2v) is 4.87. The van der Waals surface area contributed by atoms with Gasteiger partial charge in [-0.2, -0.15) is 9.97 Å². The van der Waals surface area contributed by atoms with Crippen molar-refractivity contribution in [3.63, 3.8) is 0 Å². The molecule has 2 aromatic rings. The number of ketones is 1. The Kier molecular flexibility index (Phi) is 5.48. The predicted molar refractivity (Wildman–Crippen MR) is 84.2 cm³/mol. The number of anilines is 1. The van der Waals surface area contributed by atoms with Crippen molar-refractivity contribution in [3.05, 3.63) is 41.2 Å². The van der Waals surface area contributed by atoms with Crippen molar-refractivity contribution in [3.8, 4) is 11.8 Å². The van der Waals surface area contributed by atoms with Gasteiger partial charge < -0.3 is 14.8 Å². The van der Waals surface area contributed by atoms with Crippen LogP contribution in [0.1, 0.15) is 17.0 Å². The minimum absolute atomic E-state index is 0.146. The molecular formula is C15H14ClN3O4. The fourth-order valence-electron chi connectivity index (χ4n) is 1.70. The quantitative estimate of drug-likeness (QED) is 0.643. The fourth-order valence-corrected chi connectivity index (χ4v) is 1.83. The number of halogens is 1. The lowest BCUT2D eigenvalue weighted by Crippen LogP contribution is -2.18. The highest BCUT2D eigenvalue weighted by Gasteiger charge is 2.17. The van der Waals surface area contributed by atoms with Crippen LogP contribution in [0.3, 0.4) is 0 Å². The highest BCUT2D eigenvalue weighted by Crippen LogP contribution is 2.16. The first-order chi connectivity index (χ1) is 11.0. The van der Waals surface area contributed by atoms with Crippen LogP contribution in [-0.4, -0.2) is 35.9 Å². The van der Waals surface area contributed by atoms with Gasteiger partial charge >= 0.3 is 0 Å². The van der Waals surface area contributed by atoms with Crippen molar-refractivity contribution >= 4 is 29.0 Å². The third-order valence-corrected chi connectivity index (χ3v) is 3.05. The van der Waals surface area contributed by atoms with E-state index < -0.39 is 18.1 Å². The Labute approximate surface area is 137 Å². The number of amides is 1. The third kappa shape index (κ3) is 4.65. The van der Waals surface area contributed by atoms with Crippen LogP contribution in [0.4, 0.5) is 5.69 Å². The maximum absolute atomic E-state index is 12.1. The van der Waals surface area contributed by atoms with Crippen LogP contribution in [0.25, 0.3) is 0 Å². The van der Waals surface area contributed by atoms with Crippen molar-refractivity contribution in [2.45, 2.75) is 6.42 Å². The Hall–Kier alpha value is -2.67.